The van der Waals surface area contributed by atoms with Gasteiger partial charge in [-0.05, 0) is 52.8 Å². The van der Waals surface area contributed by atoms with Crippen molar-refractivity contribution in [3.8, 4) is 12.3 Å². The highest BCUT2D eigenvalue weighted by atomic mass is 28.4. The molecule has 2 aliphatic rings. The molecule has 0 radical (unpaired) electrons. The summed E-state index contributed by atoms with van der Waals surface area (Å²) in [5, 5.41) is 10.9. The molecular formula is C27H43N5O6Si. The minimum atomic E-state index is -2.01. The number of imidazole rings is 1. The fourth-order valence-electron chi connectivity index (χ4n) is 4.50. The molecular weight excluding hydrogens is 518 g/mol. The molecule has 1 N–H and O–H groups in total. The largest absolute Gasteiger partial charge is 0.414 e. The van der Waals surface area contributed by atoms with Crippen LogP contribution < -0.4 is 4.90 Å². The van der Waals surface area contributed by atoms with Crippen molar-refractivity contribution in [1.82, 2.24) is 19.5 Å². The number of hydrogen-bond donors (Lipinski definition) is 1. The Balaban J connectivity index is 1.66. The van der Waals surface area contributed by atoms with E-state index in [1.54, 1.807) is 6.33 Å². The van der Waals surface area contributed by atoms with E-state index in [-0.39, 0.29) is 23.8 Å². The fourth-order valence-corrected chi connectivity index (χ4v) is 5.51. The summed E-state index contributed by atoms with van der Waals surface area (Å²) < 4.78 is 33.2. The lowest BCUT2D eigenvalue weighted by Gasteiger charge is -2.37. The van der Waals surface area contributed by atoms with Crippen LogP contribution in [0.4, 0.5) is 5.82 Å². The van der Waals surface area contributed by atoms with E-state index in [0.29, 0.717) is 23.6 Å². The van der Waals surface area contributed by atoms with E-state index in [9.17, 15) is 5.11 Å². The smallest absolute Gasteiger partial charge is 0.240 e. The normalized spacial score (nSPS) is 26.0. The second-order valence-corrected chi connectivity index (χ2v) is 17.9. The van der Waals surface area contributed by atoms with Crippen LogP contribution in [0, 0.1) is 12.3 Å². The first-order valence-electron chi connectivity index (χ1n) is 13.3. The number of aliphatic hydroxyl groups is 1. The molecule has 1 unspecified atom stereocenters. The Kier molecular flexibility index (Phi) is 7.94. The third-order valence-corrected chi connectivity index (χ3v) is 11.9. The average Bonchev–Trinajstić information content (AvgIpc) is 3.44. The van der Waals surface area contributed by atoms with Gasteiger partial charge in [0.2, 0.25) is 6.41 Å². The Hall–Kier alpha value is -2.11. The van der Waals surface area contributed by atoms with Crippen molar-refractivity contribution in [1.29, 1.82) is 0 Å². The van der Waals surface area contributed by atoms with Crippen molar-refractivity contribution in [2.75, 3.05) is 18.1 Å². The lowest BCUT2D eigenvalue weighted by molar-refractivity contribution is -0.199. The van der Waals surface area contributed by atoms with E-state index in [4.69, 9.17) is 29.8 Å². The number of nitrogens with zero attached hydrogens (tertiary/aromatic N) is 5. The summed E-state index contributed by atoms with van der Waals surface area (Å²) in [6.45, 7) is 20.8. The number of terminal acetylenes is 1. The molecule has 0 spiro atoms. The SMILES string of the molecule is C#CCN(c1ncnc2c1ncn2[C@@H]1O[C@H](CO[Si](C)(C)C(C)(C)C)[C@H]2OC(C)(C)O[C@H]21)C(O)OC(C)(C)C. The molecule has 5 atom stereocenters. The summed E-state index contributed by atoms with van der Waals surface area (Å²) in [4.78, 5) is 15.0. The number of rotatable bonds is 8. The van der Waals surface area contributed by atoms with Crippen LogP contribution in [0.1, 0.15) is 61.6 Å². The van der Waals surface area contributed by atoms with Crippen molar-refractivity contribution in [2.24, 2.45) is 0 Å². The van der Waals surface area contributed by atoms with Crippen molar-refractivity contribution in [3.63, 3.8) is 0 Å². The number of ether oxygens (including phenoxy) is 4. The molecule has 39 heavy (non-hydrogen) atoms. The second-order valence-electron chi connectivity index (χ2n) is 13.1. The summed E-state index contributed by atoms with van der Waals surface area (Å²) in [6, 6.07) is 0. The maximum Gasteiger partial charge on any atom is 0.240 e. The standard InChI is InChI=1S/C27H43N5O6Si/c1-12-13-31(24(33)38-25(2,3)4)21-18-22(29-15-28-21)32(16-30-18)23-20-19(36-27(8,9)37-20)17(35-23)14-34-39(10,11)26(5,6)7/h1,15-17,19-20,23-24,33H,13-14H2,2-11H3/t17-,19-,20-,23-,24?/m1/s1. The third kappa shape index (κ3) is 6.15. The summed E-state index contributed by atoms with van der Waals surface area (Å²) >= 11 is 0. The van der Waals surface area contributed by atoms with Gasteiger partial charge in [0.1, 0.15) is 24.6 Å². The summed E-state index contributed by atoms with van der Waals surface area (Å²) in [7, 11) is -2.01. The maximum absolute atomic E-state index is 10.8. The molecule has 2 aromatic heterocycles. The van der Waals surface area contributed by atoms with E-state index in [1.165, 1.54) is 11.2 Å². The molecule has 12 heteroatoms. The minimum Gasteiger partial charge on any atom is -0.414 e. The quantitative estimate of drug-likeness (QED) is 0.290. The van der Waals surface area contributed by atoms with Crippen molar-refractivity contribution < 1.29 is 28.5 Å². The van der Waals surface area contributed by atoms with Crippen LogP contribution in [0.25, 0.3) is 11.2 Å². The van der Waals surface area contributed by atoms with Gasteiger partial charge in [-0.3, -0.25) is 9.47 Å². The number of hydrogen-bond acceptors (Lipinski definition) is 10. The predicted molar refractivity (Wildman–Crippen MR) is 149 cm³/mol. The van der Waals surface area contributed by atoms with Crippen molar-refractivity contribution >= 4 is 25.3 Å². The molecule has 0 aromatic carbocycles. The van der Waals surface area contributed by atoms with Crippen LogP contribution in [0.2, 0.25) is 18.1 Å². The second kappa shape index (κ2) is 10.4. The summed E-state index contributed by atoms with van der Waals surface area (Å²) in [5.74, 6) is 2.14. The minimum absolute atomic E-state index is 0.0544. The van der Waals surface area contributed by atoms with E-state index in [1.807, 2.05) is 39.2 Å². The summed E-state index contributed by atoms with van der Waals surface area (Å²) in [6.07, 6.45) is 5.70. The zero-order valence-electron chi connectivity index (χ0n) is 24.8. The van der Waals surface area contributed by atoms with Gasteiger partial charge in [0.05, 0.1) is 25.1 Å². The lowest BCUT2D eigenvalue weighted by atomic mass is 10.1. The molecule has 4 heterocycles. The fraction of sp³-hybridized carbons (Fsp3) is 0.741. The van der Waals surface area contributed by atoms with E-state index < -0.39 is 38.5 Å². The summed E-state index contributed by atoms with van der Waals surface area (Å²) in [5.41, 5.74) is 0.343. The van der Waals surface area contributed by atoms with Crippen LogP contribution >= 0.6 is 0 Å². The molecule has 4 rings (SSSR count). The van der Waals surface area contributed by atoms with Crippen LogP contribution in [-0.2, 0) is 23.4 Å². The van der Waals surface area contributed by atoms with E-state index in [0.717, 1.165) is 0 Å². The number of aliphatic hydroxyl groups excluding tert-OH is 1. The zero-order valence-corrected chi connectivity index (χ0v) is 25.8. The topological polar surface area (TPSA) is 113 Å². The van der Waals surface area contributed by atoms with Gasteiger partial charge in [-0.25, -0.2) is 15.0 Å². The first kappa shape index (κ1) is 29.9. The van der Waals surface area contributed by atoms with Gasteiger partial charge in [0.25, 0.3) is 0 Å². The highest BCUT2D eigenvalue weighted by Crippen LogP contribution is 2.45. The molecule has 2 saturated heterocycles. The molecule has 0 aliphatic carbocycles. The van der Waals surface area contributed by atoms with Crippen molar-refractivity contribution in [3.05, 3.63) is 12.7 Å². The first-order valence-corrected chi connectivity index (χ1v) is 16.2. The van der Waals surface area contributed by atoms with E-state index in [2.05, 4.69) is 54.7 Å². The van der Waals surface area contributed by atoms with Gasteiger partial charge < -0.3 is 28.5 Å². The molecule has 2 aliphatic heterocycles. The third-order valence-electron chi connectivity index (χ3n) is 7.41. The molecule has 2 fully saturated rings. The first-order chi connectivity index (χ1) is 17.9. The molecule has 0 amide bonds. The zero-order chi connectivity index (χ0) is 29.0. The van der Waals surface area contributed by atoms with Gasteiger partial charge in [-0.2, -0.15) is 0 Å². The Morgan fingerprint density at radius 1 is 1.15 bits per heavy atom. The highest BCUT2D eigenvalue weighted by molar-refractivity contribution is 6.74. The Morgan fingerprint density at radius 2 is 1.82 bits per heavy atom. The molecule has 2 aromatic rings. The van der Waals surface area contributed by atoms with Gasteiger partial charge in [0, 0.05) is 0 Å². The van der Waals surface area contributed by atoms with Gasteiger partial charge in [-0.15, -0.1) is 6.42 Å². The Morgan fingerprint density at radius 3 is 2.44 bits per heavy atom. The van der Waals surface area contributed by atoms with Crippen LogP contribution in [0.5, 0.6) is 0 Å². The number of fused-ring (bicyclic) bond motifs is 2. The van der Waals surface area contributed by atoms with Gasteiger partial charge >= 0.3 is 0 Å². The van der Waals surface area contributed by atoms with Gasteiger partial charge in [-0.1, -0.05) is 26.7 Å². The average molecular weight is 562 g/mol. The number of aromatic nitrogens is 4. The number of anilines is 1. The predicted octanol–water partition coefficient (Wildman–Crippen LogP) is 3.80. The molecule has 216 valence electrons. The van der Waals surface area contributed by atoms with Crippen LogP contribution in [0.15, 0.2) is 12.7 Å². The molecule has 0 bridgehead atoms. The monoisotopic (exact) mass is 561 g/mol. The maximum atomic E-state index is 10.8. The Bertz CT molecular complexity index is 1210. The molecule has 11 nitrogen and oxygen atoms in total. The van der Waals surface area contributed by atoms with Gasteiger partial charge in [0.15, 0.2) is 37.3 Å². The highest BCUT2D eigenvalue weighted by Gasteiger charge is 2.56. The molecule has 0 saturated carbocycles. The van der Waals surface area contributed by atoms with E-state index >= 15 is 0 Å². The van der Waals surface area contributed by atoms with Crippen LogP contribution in [0.3, 0.4) is 0 Å². The van der Waals surface area contributed by atoms with Crippen LogP contribution in [-0.4, -0.2) is 82.2 Å². The Labute approximate surface area is 232 Å². The lowest BCUT2D eigenvalue weighted by Crippen LogP contribution is -2.44. The van der Waals surface area contributed by atoms with Crippen molar-refractivity contribution in [2.45, 2.75) is 116 Å².